The quantitative estimate of drug-likeness (QED) is 0.186. The lowest BCUT2D eigenvalue weighted by Crippen LogP contribution is -2.17. The Hall–Kier alpha value is -3.28. The number of hydrazone groups is 1. The van der Waals surface area contributed by atoms with Gasteiger partial charge in [-0.05, 0) is 59.3 Å². The van der Waals surface area contributed by atoms with Gasteiger partial charge in [-0.3, -0.25) is 4.79 Å². The number of methoxy groups -OCH3 is 2. The molecule has 1 heterocycles. The van der Waals surface area contributed by atoms with Crippen LogP contribution in [0.2, 0.25) is 0 Å². The summed E-state index contributed by atoms with van der Waals surface area (Å²) in [7, 11) is 3.02. The number of ether oxygens (including phenoxy) is 4. The number of hydrogen-bond donors (Lipinski definition) is 1. The molecule has 32 heavy (non-hydrogen) atoms. The molecule has 0 saturated heterocycles. The van der Waals surface area contributed by atoms with Crippen molar-refractivity contribution in [1.82, 2.24) is 5.43 Å². The van der Waals surface area contributed by atoms with Gasteiger partial charge in [0, 0.05) is 5.39 Å². The maximum Gasteiger partial charge on any atom is 0.344 e. The lowest BCUT2D eigenvalue weighted by atomic mass is 10.2. The van der Waals surface area contributed by atoms with Crippen molar-refractivity contribution in [1.29, 1.82) is 0 Å². The van der Waals surface area contributed by atoms with Crippen LogP contribution in [-0.4, -0.2) is 45.5 Å². The van der Waals surface area contributed by atoms with Crippen LogP contribution < -0.4 is 19.6 Å². The van der Waals surface area contributed by atoms with Gasteiger partial charge < -0.3 is 23.4 Å². The zero-order valence-electron chi connectivity index (χ0n) is 17.6. The van der Waals surface area contributed by atoms with Gasteiger partial charge in [-0.2, -0.15) is 5.10 Å². The molecular formula is C22H21IN2O7. The number of carbonyl (C=O) groups is 2. The van der Waals surface area contributed by atoms with Crippen LogP contribution >= 0.6 is 22.6 Å². The molecular weight excluding hydrogens is 531 g/mol. The molecule has 3 rings (SSSR count). The first-order valence-electron chi connectivity index (χ1n) is 9.52. The molecule has 0 spiro atoms. The second-order valence-corrected chi connectivity index (χ2v) is 7.48. The van der Waals surface area contributed by atoms with E-state index in [9.17, 15) is 9.59 Å². The SMILES string of the molecule is CCOC(=O)COc1c(I)cc(/C=N\NC(=O)c2cc3cccc(OC)c3o2)cc1OC. The van der Waals surface area contributed by atoms with Gasteiger partial charge >= 0.3 is 11.9 Å². The Morgan fingerprint density at radius 2 is 1.94 bits per heavy atom. The third-order valence-corrected chi connectivity index (χ3v) is 5.02. The zero-order chi connectivity index (χ0) is 23.1. The first-order valence-corrected chi connectivity index (χ1v) is 10.6. The average molecular weight is 552 g/mol. The molecule has 0 unspecified atom stereocenters. The third kappa shape index (κ3) is 5.49. The van der Waals surface area contributed by atoms with Crippen molar-refractivity contribution in [3.05, 3.63) is 51.3 Å². The zero-order valence-corrected chi connectivity index (χ0v) is 19.8. The number of halogens is 1. The van der Waals surface area contributed by atoms with Crippen molar-refractivity contribution in [2.24, 2.45) is 5.10 Å². The molecule has 0 fully saturated rings. The predicted molar refractivity (Wildman–Crippen MR) is 126 cm³/mol. The smallest absolute Gasteiger partial charge is 0.344 e. The van der Waals surface area contributed by atoms with Gasteiger partial charge in [-0.25, -0.2) is 10.2 Å². The fourth-order valence-corrected chi connectivity index (χ4v) is 3.60. The molecule has 1 aromatic heterocycles. The van der Waals surface area contributed by atoms with E-state index in [1.54, 1.807) is 31.2 Å². The highest BCUT2D eigenvalue weighted by atomic mass is 127. The minimum Gasteiger partial charge on any atom is -0.493 e. The van der Waals surface area contributed by atoms with Gasteiger partial charge in [0.05, 0.1) is 30.6 Å². The summed E-state index contributed by atoms with van der Waals surface area (Å²) in [5.41, 5.74) is 3.57. The van der Waals surface area contributed by atoms with Crippen LogP contribution in [0.3, 0.4) is 0 Å². The van der Waals surface area contributed by atoms with E-state index in [0.29, 0.717) is 32.0 Å². The van der Waals surface area contributed by atoms with Crippen molar-refractivity contribution in [2.75, 3.05) is 27.4 Å². The van der Waals surface area contributed by atoms with Crippen LogP contribution in [0.1, 0.15) is 23.0 Å². The molecule has 1 N–H and O–H groups in total. The lowest BCUT2D eigenvalue weighted by molar-refractivity contribution is -0.145. The molecule has 0 atom stereocenters. The first kappa shape index (κ1) is 23.4. The number of furan rings is 1. The minimum absolute atomic E-state index is 0.108. The van der Waals surface area contributed by atoms with Crippen LogP contribution in [0.25, 0.3) is 11.0 Å². The van der Waals surface area contributed by atoms with Crippen molar-refractivity contribution in [3.63, 3.8) is 0 Å². The Morgan fingerprint density at radius 1 is 1.16 bits per heavy atom. The second kappa shape index (κ2) is 10.8. The van der Waals surface area contributed by atoms with E-state index < -0.39 is 11.9 Å². The highest BCUT2D eigenvalue weighted by molar-refractivity contribution is 14.1. The summed E-state index contributed by atoms with van der Waals surface area (Å²) >= 11 is 2.06. The van der Waals surface area contributed by atoms with E-state index in [1.807, 2.05) is 12.1 Å². The fraction of sp³-hybridized carbons (Fsp3) is 0.227. The van der Waals surface area contributed by atoms with E-state index >= 15 is 0 Å². The molecule has 10 heteroatoms. The van der Waals surface area contributed by atoms with E-state index in [1.165, 1.54) is 20.4 Å². The number of benzene rings is 2. The highest BCUT2D eigenvalue weighted by Crippen LogP contribution is 2.33. The van der Waals surface area contributed by atoms with Crippen molar-refractivity contribution in [3.8, 4) is 17.2 Å². The van der Waals surface area contributed by atoms with Crippen molar-refractivity contribution < 1.29 is 33.0 Å². The van der Waals surface area contributed by atoms with Crippen LogP contribution in [0, 0.1) is 3.57 Å². The molecule has 0 radical (unpaired) electrons. The topological polar surface area (TPSA) is 109 Å². The molecule has 0 saturated carbocycles. The fourth-order valence-electron chi connectivity index (χ4n) is 2.82. The highest BCUT2D eigenvalue weighted by Gasteiger charge is 2.15. The Labute approximate surface area is 197 Å². The summed E-state index contributed by atoms with van der Waals surface area (Å²) < 4.78 is 27.3. The van der Waals surface area contributed by atoms with Gasteiger partial charge in [0.25, 0.3) is 0 Å². The van der Waals surface area contributed by atoms with Crippen LogP contribution in [0.4, 0.5) is 0 Å². The molecule has 2 aromatic carbocycles. The summed E-state index contributed by atoms with van der Waals surface area (Å²) in [5, 5.41) is 4.73. The number of carbonyl (C=O) groups excluding carboxylic acids is 2. The van der Waals surface area contributed by atoms with E-state index in [2.05, 4.69) is 33.1 Å². The standard InChI is InChI=1S/C22H21IN2O7/c1-4-30-19(26)12-31-21-15(23)8-13(9-17(21)29-3)11-24-25-22(27)18-10-14-6-5-7-16(28-2)20(14)32-18/h5-11H,4,12H2,1-3H3,(H,25,27)/b24-11-. The average Bonchev–Trinajstić information content (AvgIpc) is 3.22. The molecule has 1 amide bonds. The minimum atomic E-state index is -0.504. The van der Waals surface area contributed by atoms with Crippen LogP contribution in [0.5, 0.6) is 17.2 Å². The Bertz CT molecular complexity index is 1160. The van der Waals surface area contributed by atoms with E-state index in [0.717, 1.165) is 5.39 Å². The summed E-state index contributed by atoms with van der Waals surface area (Å²) in [5.74, 6) is 0.503. The molecule has 0 bridgehead atoms. The number of amides is 1. The summed E-state index contributed by atoms with van der Waals surface area (Å²) in [6, 6.07) is 10.4. The van der Waals surface area contributed by atoms with Gasteiger partial charge in [0.1, 0.15) is 0 Å². The van der Waals surface area contributed by atoms with Gasteiger partial charge in [0.2, 0.25) is 0 Å². The predicted octanol–water partition coefficient (Wildman–Crippen LogP) is 3.76. The number of rotatable bonds is 9. The second-order valence-electron chi connectivity index (χ2n) is 6.32. The number of nitrogens with zero attached hydrogens (tertiary/aromatic N) is 1. The Balaban J connectivity index is 1.70. The number of fused-ring (bicyclic) bond motifs is 1. The summed E-state index contributed by atoms with van der Waals surface area (Å²) in [6.07, 6.45) is 1.46. The molecule has 0 aliphatic heterocycles. The number of hydrogen-bond acceptors (Lipinski definition) is 8. The first-order chi connectivity index (χ1) is 15.5. The van der Waals surface area contributed by atoms with Crippen molar-refractivity contribution >= 4 is 51.7 Å². The van der Waals surface area contributed by atoms with E-state index in [4.69, 9.17) is 23.4 Å². The Morgan fingerprint density at radius 3 is 2.66 bits per heavy atom. The summed E-state index contributed by atoms with van der Waals surface area (Å²) in [6.45, 7) is 1.77. The van der Waals surface area contributed by atoms with Gasteiger partial charge in [0.15, 0.2) is 35.2 Å². The maximum atomic E-state index is 12.4. The monoisotopic (exact) mass is 552 g/mol. The number of nitrogens with one attached hydrogen (secondary N) is 1. The summed E-state index contributed by atoms with van der Waals surface area (Å²) in [4.78, 5) is 23.9. The van der Waals surface area contributed by atoms with Crippen LogP contribution in [0.15, 0.2) is 45.9 Å². The lowest BCUT2D eigenvalue weighted by Gasteiger charge is -2.13. The molecule has 0 aliphatic carbocycles. The van der Waals surface area contributed by atoms with Crippen molar-refractivity contribution in [2.45, 2.75) is 6.92 Å². The Kier molecular flexibility index (Phi) is 7.92. The normalized spacial score (nSPS) is 10.9. The number of esters is 1. The molecule has 9 nitrogen and oxygen atoms in total. The van der Waals surface area contributed by atoms with Crippen LogP contribution in [-0.2, 0) is 9.53 Å². The van der Waals surface area contributed by atoms with E-state index in [-0.39, 0.29) is 19.0 Å². The number of para-hydroxylation sites is 1. The largest absolute Gasteiger partial charge is 0.493 e. The maximum absolute atomic E-state index is 12.4. The molecule has 0 aliphatic rings. The van der Waals surface area contributed by atoms with Gasteiger partial charge in [-0.15, -0.1) is 0 Å². The third-order valence-electron chi connectivity index (χ3n) is 4.22. The van der Waals surface area contributed by atoms with Gasteiger partial charge in [-0.1, -0.05) is 12.1 Å². The molecule has 168 valence electrons. The molecule has 3 aromatic rings.